The molecule has 0 spiro atoms. The molecule has 0 aliphatic heterocycles. The van der Waals surface area contributed by atoms with E-state index in [-0.39, 0.29) is 9.99 Å². The first-order valence-electron chi connectivity index (χ1n) is 6.33. The van der Waals surface area contributed by atoms with E-state index in [0.29, 0.717) is 17.8 Å². The Morgan fingerprint density at radius 2 is 2.05 bits per heavy atom. The van der Waals surface area contributed by atoms with Crippen molar-refractivity contribution in [2.45, 2.75) is 25.7 Å². The third kappa shape index (κ3) is 2.20. The molecule has 0 atom stereocenters. The van der Waals surface area contributed by atoms with Crippen molar-refractivity contribution in [3.8, 4) is 0 Å². The van der Waals surface area contributed by atoms with Crippen molar-refractivity contribution in [2.75, 3.05) is 11.9 Å². The molecule has 0 amide bonds. The van der Waals surface area contributed by atoms with Gasteiger partial charge in [0.1, 0.15) is 11.3 Å². The number of aromatic nitrogens is 1. The number of halogens is 3. The molecule has 19 heavy (non-hydrogen) atoms. The van der Waals surface area contributed by atoms with E-state index in [0.717, 1.165) is 30.3 Å². The van der Waals surface area contributed by atoms with E-state index in [4.69, 9.17) is 0 Å². The summed E-state index contributed by atoms with van der Waals surface area (Å²) in [5.41, 5.74) is 1.86. The number of rotatable bonds is 3. The Labute approximate surface area is 118 Å². The van der Waals surface area contributed by atoms with E-state index in [9.17, 15) is 8.78 Å². The zero-order valence-electron chi connectivity index (χ0n) is 10.4. The largest absolute Gasteiger partial charge is 0.385 e. The van der Waals surface area contributed by atoms with E-state index in [1.807, 2.05) is 13.0 Å². The summed E-state index contributed by atoms with van der Waals surface area (Å²) >= 11 is 3.19. The number of nitrogens with zero attached hydrogens (tertiary/aromatic N) is 1. The molecule has 1 aliphatic carbocycles. The number of hydrogen-bond donors (Lipinski definition) is 1. The van der Waals surface area contributed by atoms with Crippen LogP contribution in [0.4, 0.5) is 14.5 Å². The number of hydrogen-bond acceptors (Lipinski definition) is 2. The molecule has 3 rings (SSSR count). The van der Waals surface area contributed by atoms with E-state index in [1.165, 1.54) is 0 Å². The number of fused-ring (bicyclic) bond motifs is 1. The molecule has 0 radical (unpaired) electrons. The maximum absolute atomic E-state index is 14.0. The maximum Gasteiger partial charge on any atom is 0.152 e. The molecule has 2 nitrogen and oxygen atoms in total. The minimum absolute atomic E-state index is 0.230. The number of benzene rings is 1. The first kappa shape index (κ1) is 12.8. The molecule has 100 valence electrons. The lowest BCUT2D eigenvalue weighted by molar-refractivity contribution is 0.586. The van der Waals surface area contributed by atoms with Crippen LogP contribution in [0.3, 0.4) is 0 Å². The third-order valence-electron chi connectivity index (χ3n) is 3.31. The van der Waals surface area contributed by atoms with Crippen molar-refractivity contribution in [1.82, 2.24) is 4.98 Å². The van der Waals surface area contributed by atoms with E-state index in [1.54, 1.807) is 0 Å². The van der Waals surface area contributed by atoms with Gasteiger partial charge < -0.3 is 5.32 Å². The van der Waals surface area contributed by atoms with Crippen molar-refractivity contribution >= 4 is 32.5 Å². The molecule has 1 aliphatic rings. The van der Waals surface area contributed by atoms with Crippen LogP contribution < -0.4 is 5.32 Å². The zero-order chi connectivity index (χ0) is 13.6. The van der Waals surface area contributed by atoms with Crippen LogP contribution in [0, 0.1) is 11.6 Å². The summed E-state index contributed by atoms with van der Waals surface area (Å²) in [5, 5.41) is 3.64. The summed E-state index contributed by atoms with van der Waals surface area (Å²) < 4.78 is 27.9. The van der Waals surface area contributed by atoms with E-state index >= 15 is 0 Å². The summed E-state index contributed by atoms with van der Waals surface area (Å²) in [6.07, 6.45) is 2.18. The van der Waals surface area contributed by atoms with Crippen LogP contribution >= 0.6 is 15.9 Å². The molecule has 1 N–H and O–H groups in total. The maximum atomic E-state index is 14.0. The second kappa shape index (κ2) is 4.71. The lowest BCUT2D eigenvalue weighted by Crippen LogP contribution is -2.02. The molecule has 0 saturated heterocycles. The summed E-state index contributed by atoms with van der Waals surface area (Å²) in [5.74, 6) is -0.799. The molecular formula is C14H13BrF2N2. The highest BCUT2D eigenvalue weighted by molar-refractivity contribution is 9.10. The highest BCUT2D eigenvalue weighted by Gasteiger charge is 2.27. The minimum Gasteiger partial charge on any atom is -0.385 e. The molecule has 0 bridgehead atoms. The molecule has 5 heteroatoms. The highest BCUT2D eigenvalue weighted by atomic mass is 79.9. The quantitative estimate of drug-likeness (QED) is 0.835. The van der Waals surface area contributed by atoms with Crippen molar-refractivity contribution < 1.29 is 8.78 Å². The Balaban J connectivity index is 2.33. The number of anilines is 1. The average molecular weight is 327 g/mol. The first-order chi connectivity index (χ1) is 9.11. The van der Waals surface area contributed by atoms with Crippen molar-refractivity contribution in [1.29, 1.82) is 0 Å². The van der Waals surface area contributed by atoms with Crippen molar-refractivity contribution in [3.05, 3.63) is 33.9 Å². The monoisotopic (exact) mass is 326 g/mol. The Bertz CT molecular complexity index is 654. The number of nitrogens with one attached hydrogen (secondary N) is 1. The predicted molar refractivity (Wildman–Crippen MR) is 75.5 cm³/mol. The van der Waals surface area contributed by atoms with Gasteiger partial charge in [-0.1, -0.05) is 0 Å². The summed E-state index contributed by atoms with van der Waals surface area (Å²) in [4.78, 5) is 4.37. The van der Waals surface area contributed by atoms with Gasteiger partial charge in [0.15, 0.2) is 5.82 Å². The average Bonchev–Trinajstić information content (AvgIpc) is 3.20. The second-order valence-electron chi connectivity index (χ2n) is 4.78. The summed E-state index contributed by atoms with van der Waals surface area (Å²) in [6, 6.07) is 2.79. The smallest absolute Gasteiger partial charge is 0.152 e. The van der Waals surface area contributed by atoms with Gasteiger partial charge in [0, 0.05) is 35.3 Å². The molecule has 1 fully saturated rings. The molecular weight excluding hydrogens is 314 g/mol. The van der Waals surface area contributed by atoms with E-state index in [2.05, 4.69) is 26.2 Å². The fraction of sp³-hybridized carbons (Fsp3) is 0.357. The van der Waals surface area contributed by atoms with Gasteiger partial charge in [-0.2, -0.15) is 0 Å². The van der Waals surface area contributed by atoms with Gasteiger partial charge in [0.2, 0.25) is 0 Å². The van der Waals surface area contributed by atoms with Crippen LogP contribution in [0.5, 0.6) is 0 Å². The topological polar surface area (TPSA) is 24.9 Å². The summed E-state index contributed by atoms with van der Waals surface area (Å²) in [7, 11) is 0. The Morgan fingerprint density at radius 1 is 1.32 bits per heavy atom. The Kier molecular flexibility index (Phi) is 3.17. The minimum atomic E-state index is -0.614. The predicted octanol–water partition coefficient (Wildman–Crippen LogP) is 4.58. The van der Waals surface area contributed by atoms with Crippen LogP contribution in [0.25, 0.3) is 10.9 Å². The van der Waals surface area contributed by atoms with Gasteiger partial charge in [-0.3, -0.25) is 0 Å². The van der Waals surface area contributed by atoms with Crippen molar-refractivity contribution in [2.24, 2.45) is 0 Å². The lowest BCUT2D eigenvalue weighted by Gasteiger charge is -2.13. The van der Waals surface area contributed by atoms with Crippen LogP contribution in [0.1, 0.15) is 31.4 Å². The highest BCUT2D eigenvalue weighted by Crippen LogP contribution is 2.42. The first-order valence-corrected chi connectivity index (χ1v) is 7.13. The number of pyridine rings is 1. The van der Waals surface area contributed by atoms with Gasteiger partial charge in [-0.25, -0.2) is 13.8 Å². The fourth-order valence-corrected chi connectivity index (χ4v) is 2.76. The molecule has 1 heterocycles. The van der Waals surface area contributed by atoms with Gasteiger partial charge in [-0.05, 0) is 41.8 Å². The molecule has 1 aromatic carbocycles. The van der Waals surface area contributed by atoms with Crippen LogP contribution in [-0.2, 0) is 0 Å². The molecule has 1 saturated carbocycles. The molecule has 0 unspecified atom stereocenters. The van der Waals surface area contributed by atoms with Crippen LogP contribution in [0.15, 0.2) is 16.6 Å². The Hall–Kier alpha value is -1.23. The zero-order valence-corrected chi connectivity index (χ0v) is 12.0. The van der Waals surface area contributed by atoms with Gasteiger partial charge >= 0.3 is 0 Å². The normalized spacial score (nSPS) is 14.9. The fourth-order valence-electron chi connectivity index (χ4n) is 2.24. The lowest BCUT2D eigenvalue weighted by atomic mass is 10.1. The summed E-state index contributed by atoms with van der Waals surface area (Å²) in [6.45, 7) is 2.64. The SMILES string of the molecule is CCNc1cc(C2CC2)nc2c(F)cc(F)c(Br)c12. The Morgan fingerprint density at radius 3 is 2.68 bits per heavy atom. The second-order valence-corrected chi connectivity index (χ2v) is 5.57. The molecule has 2 aromatic rings. The van der Waals surface area contributed by atoms with E-state index < -0.39 is 11.6 Å². The molecule has 1 aromatic heterocycles. The third-order valence-corrected chi connectivity index (χ3v) is 4.09. The van der Waals surface area contributed by atoms with Crippen LogP contribution in [0.2, 0.25) is 0 Å². The van der Waals surface area contributed by atoms with Crippen molar-refractivity contribution in [3.63, 3.8) is 0 Å². The van der Waals surface area contributed by atoms with Gasteiger partial charge in [0.05, 0.1) is 4.47 Å². The standard InChI is InChI=1S/C14H13BrF2N2/c1-2-18-11-6-10(7-3-4-7)19-14-9(17)5-8(16)13(15)12(11)14/h5-7H,2-4H2,1H3,(H,18,19). The van der Waals surface area contributed by atoms with Gasteiger partial charge in [0.25, 0.3) is 0 Å². The van der Waals surface area contributed by atoms with Crippen LogP contribution in [-0.4, -0.2) is 11.5 Å². The van der Waals surface area contributed by atoms with Gasteiger partial charge in [-0.15, -0.1) is 0 Å².